The van der Waals surface area contributed by atoms with Crippen molar-refractivity contribution in [3.63, 3.8) is 0 Å². The van der Waals surface area contributed by atoms with Crippen LogP contribution >= 0.6 is 11.3 Å². The first-order chi connectivity index (χ1) is 14.3. The molecule has 2 aromatic rings. The third kappa shape index (κ3) is 4.40. The van der Waals surface area contributed by atoms with E-state index >= 15 is 0 Å². The predicted octanol–water partition coefficient (Wildman–Crippen LogP) is 1.04. The van der Waals surface area contributed by atoms with Crippen LogP contribution in [0.1, 0.15) is 50.2 Å². The minimum atomic E-state index is -0.865. The largest absolute Gasteiger partial charge is 0.480 e. The molecule has 1 atom stereocenters. The molecule has 1 saturated heterocycles. The Morgan fingerprint density at radius 1 is 1.20 bits per heavy atom. The molecule has 0 spiro atoms. The Hall–Kier alpha value is -3.47. The molecule has 2 aromatic heterocycles. The molecule has 0 bridgehead atoms. The van der Waals surface area contributed by atoms with Crippen LogP contribution in [0.3, 0.4) is 0 Å². The molecule has 10 nitrogen and oxygen atoms in total. The SMILES string of the molecule is COc1ncc(NC(=O)C(=O)N2CCCC[C@H]2c2ccc(C(N)=O)s2)cc1C(N)=O. The number of methoxy groups -OCH3 is 1. The van der Waals surface area contributed by atoms with Crippen LogP contribution in [-0.2, 0) is 9.59 Å². The number of anilines is 1. The predicted molar refractivity (Wildman–Crippen MR) is 109 cm³/mol. The molecule has 1 aliphatic heterocycles. The van der Waals surface area contributed by atoms with Crippen LogP contribution in [0.2, 0.25) is 0 Å². The Morgan fingerprint density at radius 3 is 2.60 bits per heavy atom. The Balaban J connectivity index is 1.78. The van der Waals surface area contributed by atoms with E-state index in [9.17, 15) is 19.2 Å². The van der Waals surface area contributed by atoms with Gasteiger partial charge in [-0.05, 0) is 37.5 Å². The van der Waals surface area contributed by atoms with Gasteiger partial charge in [0.2, 0.25) is 5.88 Å². The quantitative estimate of drug-likeness (QED) is 0.600. The van der Waals surface area contributed by atoms with Crippen LogP contribution in [-0.4, -0.2) is 47.2 Å². The first-order valence-electron chi connectivity index (χ1n) is 9.17. The molecular weight excluding hydrogens is 410 g/mol. The first-order valence-corrected chi connectivity index (χ1v) is 9.98. The van der Waals surface area contributed by atoms with Crippen molar-refractivity contribution in [3.05, 3.63) is 39.7 Å². The fraction of sp³-hybridized carbons (Fsp3) is 0.316. The molecule has 0 aromatic carbocycles. The molecule has 0 unspecified atom stereocenters. The van der Waals surface area contributed by atoms with Crippen molar-refractivity contribution in [2.24, 2.45) is 11.5 Å². The van der Waals surface area contributed by atoms with Gasteiger partial charge in [-0.15, -0.1) is 11.3 Å². The second-order valence-electron chi connectivity index (χ2n) is 6.68. The summed E-state index contributed by atoms with van der Waals surface area (Å²) < 4.78 is 4.96. The number of aromatic nitrogens is 1. The van der Waals surface area contributed by atoms with E-state index in [1.807, 2.05) is 0 Å². The van der Waals surface area contributed by atoms with Crippen molar-refractivity contribution >= 4 is 40.7 Å². The number of likely N-dealkylation sites (tertiary alicyclic amines) is 1. The average molecular weight is 431 g/mol. The molecule has 1 fully saturated rings. The summed E-state index contributed by atoms with van der Waals surface area (Å²) in [6.07, 6.45) is 3.60. The van der Waals surface area contributed by atoms with E-state index in [1.165, 1.54) is 35.6 Å². The summed E-state index contributed by atoms with van der Waals surface area (Å²) in [4.78, 5) is 55.0. The zero-order valence-corrected chi connectivity index (χ0v) is 17.0. The molecule has 3 heterocycles. The number of carbonyl (C=O) groups excluding carboxylic acids is 4. The number of hydrogen-bond acceptors (Lipinski definition) is 7. The number of nitrogens with two attached hydrogens (primary N) is 2. The summed E-state index contributed by atoms with van der Waals surface area (Å²) >= 11 is 1.22. The third-order valence-corrected chi connectivity index (χ3v) is 5.92. The van der Waals surface area contributed by atoms with E-state index in [0.717, 1.165) is 17.7 Å². The lowest BCUT2D eigenvalue weighted by atomic mass is 10.0. The highest BCUT2D eigenvalue weighted by Gasteiger charge is 2.33. The van der Waals surface area contributed by atoms with Gasteiger partial charge in [0.1, 0.15) is 5.56 Å². The lowest BCUT2D eigenvalue weighted by Gasteiger charge is -2.34. The molecule has 5 N–H and O–H groups in total. The summed E-state index contributed by atoms with van der Waals surface area (Å²) in [7, 11) is 1.33. The number of pyridine rings is 1. The van der Waals surface area contributed by atoms with Gasteiger partial charge in [-0.3, -0.25) is 19.2 Å². The zero-order chi connectivity index (χ0) is 21.8. The van der Waals surface area contributed by atoms with E-state index in [2.05, 4.69) is 10.3 Å². The highest BCUT2D eigenvalue weighted by Crippen LogP contribution is 2.35. The minimum absolute atomic E-state index is 0.0174. The fourth-order valence-electron chi connectivity index (χ4n) is 3.31. The topological polar surface area (TPSA) is 158 Å². The average Bonchev–Trinajstić information content (AvgIpc) is 3.23. The number of primary amides is 2. The number of rotatable bonds is 5. The number of amides is 4. The van der Waals surface area contributed by atoms with E-state index in [0.29, 0.717) is 17.8 Å². The van der Waals surface area contributed by atoms with Crippen molar-refractivity contribution in [3.8, 4) is 5.88 Å². The second-order valence-corrected chi connectivity index (χ2v) is 7.79. The Labute approximate surface area is 176 Å². The van der Waals surface area contributed by atoms with Crippen molar-refractivity contribution in [1.82, 2.24) is 9.88 Å². The van der Waals surface area contributed by atoms with E-state index in [-0.39, 0.29) is 23.2 Å². The normalized spacial score (nSPS) is 16.0. The van der Waals surface area contributed by atoms with Crippen LogP contribution in [0.5, 0.6) is 5.88 Å². The highest BCUT2D eigenvalue weighted by molar-refractivity contribution is 7.14. The summed E-state index contributed by atoms with van der Waals surface area (Å²) in [6, 6.07) is 4.36. The Kier molecular flexibility index (Phi) is 6.31. The molecule has 11 heteroatoms. The summed E-state index contributed by atoms with van der Waals surface area (Å²) in [6.45, 7) is 0.411. The highest BCUT2D eigenvalue weighted by atomic mass is 32.1. The molecule has 3 rings (SSSR count). The first kappa shape index (κ1) is 21.2. The number of carbonyl (C=O) groups is 4. The van der Waals surface area contributed by atoms with Crippen molar-refractivity contribution in [1.29, 1.82) is 0 Å². The van der Waals surface area contributed by atoms with Gasteiger partial charge in [-0.2, -0.15) is 0 Å². The summed E-state index contributed by atoms with van der Waals surface area (Å²) in [5.74, 6) is -2.87. The van der Waals surface area contributed by atoms with Gasteiger partial charge in [0.15, 0.2) is 0 Å². The molecule has 1 aliphatic rings. The number of nitrogens with one attached hydrogen (secondary N) is 1. The standard InChI is InChI=1S/C19H21N5O5S/c1-29-18-11(15(20)25)8-10(9-22-18)23-17(27)19(28)24-7-3-2-4-12(24)13-5-6-14(30-13)16(21)26/h5-6,8-9,12H,2-4,7H2,1H3,(H2,20,25)(H2,21,26)(H,23,27)/t12-/m0/s1. The Morgan fingerprint density at radius 2 is 1.97 bits per heavy atom. The van der Waals surface area contributed by atoms with Gasteiger partial charge >= 0.3 is 11.8 Å². The lowest BCUT2D eigenvalue weighted by molar-refractivity contribution is -0.145. The number of nitrogens with zero attached hydrogens (tertiary/aromatic N) is 2. The molecular formula is C19H21N5O5S. The van der Waals surface area contributed by atoms with E-state index in [1.54, 1.807) is 12.1 Å². The summed E-state index contributed by atoms with van der Waals surface area (Å²) in [5.41, 5.74) is 10.7. The van der Waals surface area contributed by atoms with Crippen LogP contribution in [0.4, 0.5) is 5.69 Å². The number of ether oxygens (including phenoxy) is 1. The molecule has 0 saturated carbocycles. The lowest BCUT2D eigenvalue weighted by Crippen LogP contribution is -2.44. The van der Waals surface area contributed by atoms with Gasteiger partial charge < -0.3 is 26.4 Å². The maximum Gasteiger partial charge on any atom is 0.313 e. The van der Waals surface area contributed by atoms with Crippen LogP contribution < -0.4 is 21.5 Å². The number of thiophene rings is 1. The molecule has 0 radical (unpaired) electrons. The monoisotopic (exact) mass is 431 g/mol. The van der Waals surface area contributed by atoms with Gasteiger partial charge in [0.05, 0.1) is 29.9 Å². The smallest absolute Gasteiger partial charge is 0.313 e. The van der Waals surface area contributed by atoms with Gasteiger partial charge in [0, 0.05) is 11.4 Å². The van der Waals surface area contributed by atoms with Gasteiger partial charge in [-0.1, -0.05) is 0 Å². The summed E-state index contributed by atoms with van der Waals surface area (Å²) in [5, 5.41) is 2.45. The van der Waals surface area contributed by atoms with Crippen molar-refractivity contribution < 1.29 is 23.9 Å². The molecule has 4 amide bonds. The molecule has 158 valence electrons. The van der Waals surface area contributed by atoms with Crippen molar-refractivity contribution in [2.45, 2.75) is 25.3 Å². The second kappa shape index (κ2) is 8.91. The molecule has 0 aliphatic carbocycles. The number of hydrogen-bond donors (Lipinski definition) is 3. The Bertz CT molecular complexity index is 1000. The van der Waals surface area contributed by atoms with Crippen molar-refractivity contribution in [2.75, 3.05) is 19.0 Å². The van der Waals surface area contributed by atoms with Crippen LogP contribution in [0.15, 0.2) is 24.4 Å². The maximum absolute atomic E-state index is 12.9. The van der Waals surface area contributed by atoms with E-state index in [4.69, 9.17) is 16.2 Å². The van der Waals surface area contributed by atoms with Gasteiger partial charge in [0.25, 0.3) is 11.8 Å². The van der Waals surface area contributed by atoms with Gasteiger partial charge in [-0.25, -0.2) is 4.98 Å². The maximum atomic E-state index is 12.9. The molecule has 30 heavy (non-hydrogen) atoms. The minimum Gasteiger partial charge on any atom is -0.480 e. The number of piperidine rings is 1. The zero-order valence-electron chi connectivity index (χ0n) is 16.2. The fourth-order valence-corrected chi connectivity index (χ4v) is 4.32. The van der Waals surface area contributed by atoms with Crippen LogP contribution in [0, 0.1) is 0 Å². The van der Waals surface area contributed by atoms with Crippen LogP contribution in [0.25, 0.3) is 0 Å². The third-order valence-electron chi connectivity index (χ3n) is 4.72. The van der Waals surface area contributed by atoms with E-state index < -0.39 is 23.6 Å².